The average Bonchev–Trinajstić information content (AvgIpc) is 2.57. The van der Waals surface area contributed by atoms with Crippen molar-refractivity contribution < 1.29 is 8.42 Å². The van der Waals surface area contributed by atoms with E-state index in [4.69, 9.17) is 0 Å². The first-order valence-corrected chi connectivity index (χ1v) is 8.50. The van der Waals surface area contributed by atoms with Crippen molar-refractivity contribution in [3.63, 3.8) is 0 Å². The van der Waals surface area contributed by atoms with Gasteiger partial charge in [-0.25, -0.2) is 0 Å². The van der Waals surface area contributed by atoms with Crippen LogP contribution in [0, 0.1) is 11.3 Å². The van der Waals surface area contributed by atoms with E-state index in [1.165, 1.54) is 0 Å². The molecule has 0 spiro atoms. The van der Waals surface area contributed by atoms with Crippen molar-refractivity contribution >= 4 is 10.2 Å². The summed E-state index contributed by atoms with van der Waals surface area (Å²) in [5.74, 6) is 0.482. The van der Waals surface area contributed by atoms with Crippen LogP contribution in [-0.2, 0) is 10.2 Å². The first-order valence-electron chi connectivity index (χ1n) is 7.06. The monoisotopic (exact) mass is 274 g/mol. The zero-order chi connectivity index (χ0) is 13.4. The Bertz CT molecular complexity index is 392. The molecular formula is C13H26N2O2S. The Morgan fingerprint density at radius 3 is 2.56 bits per heavy atom. The Hall–Kier alpha value is -0.130. The van der Waals surface area contributed by atoms with Crippen molar-refractivity contribution in [2.45, 2.75) is 58.9 Å². The van der Waals surface area contributed by atoms with Gasteiger partial charge in [-0.3, -0.25) is 0 Å². The summed E-state index contributed by atoms with van der Waals surface area (Å²) in [7, 11) is -3.27. The van der Waals surface area contributed by atoms with Gasteiger partial charge in [-0.15, -0.1) is 0 Å². The van der Waals surface area contributed by atoms with E-state index in [0.717, 1.165) is 32.1 Å². The molecule has 1 saturated carbocycles. The maximum Gasteiger partial charge on any atom is 0.279 e. The molecule has 1 saturated heterocycles. The van der Waals surface area contributed by atoms with Crippen LogP contribution in [0.2, 0.25) is 0 Å². The van der Waals surface area contributed by atoms with Gasteiger partial charge in [0, 0.05) is 19.1 Å². The van der Waals surface area contributed by atoms with Crippen LogP contribution in [0.5, 0.6) is 0 Å². The van der Waals surface area contributed by atoms with E-state index >= 15 is 0 Å². The molecule has 0 amide bonds. The van der Waals surface area contributed by atoms with E-state index in [9.17, 15) is 8.42 Å². The van der Waals surface area contributed by atoms with E-state index in [0.29, 0.717) is 19.0 Å². The summed E-state index contributed by atoms with van der Waals surface area (Å²) in [5.41, 5.74) is 0.280. The van der Waals surface area contributed by atoms with Crippen molar-refractivity contribution in [1.82, 2.24) is 9.03 Å². The van der Waals surface area contributed by atoms with Gasteiger partial charge >= 0.3 is 0 Å². The van der Waals surface area contributed by atoms with Gasteiger partial charge in [-0.2, -0.15) is 17.4 Å². The lowest BCUT2D eigenvalue weighted by Crippen LogP contribution is -2.48. The van der Waals surface area contributed by atoms with Crippen molar-refractivity contribution in [1.29, 1.82) is 0 Å². The zero-order valence-corrected chi connectivity index (χ0v) is 12.6. The number of hydrogen-bond donors (Lipinski definition) is 1. The molecule has 18 heavy (non-hydrogen) atoms. The lowest BCUT2D eigenvalue weighted by Gasteiger charge is -2.31. The Kier molecular flexibility index (Phi) is 4.04. The van der Waals surface area contributed by atoms with Gasteiger partial charge in [0.2, 0.25) is 0 Å². The van der Waals surface area contributed by atoms with Crippen molar-refractivity contribution in [3.8, 4) is 0 Å². The van der Waals surface area contributed by atoms with Crippen molar-refractivity contribution in [3.05, 3.63) is 0 Å². The Morgan fingerprint density at radius 1 is 1.28 bits per heavy atom. The molecule has 0 aromatic rings. The summed E-state index contributed by atoms with van der Waals surface area (Å²) in [4.78, 5) is 0. The van der Waals surface area contributed by atoms with Crippen LogP contribution in [0.4, 0.5) is 0 Å². The predicted molar refractivity (Wildman–Crippen MR) is 73.4 cm³/mol. The molecule has 1 aliphatic heterocycles. The quantitative estimate of drug-likeness (QED) is 0.857. The second-order valence-corrected chi connectivity index (χ2v) is 8.53. The van der Waals surface area contributed by atoms with Gasteiger partial charge in [0.1, 0.15) is 0 Å². The van der Waals surface area contributed by atoms with Crippen molar-refractivity contribution in [2.75, 3.05) is 13.1 Å². The Morgan fingerprint density at radius 2 is 2.00 bits per heavy atom. The molecule has 2 rings (SSSR count). The largest absolute Gasteiger partial charge is 0.279 e. The third-order valence-electron chi connectivity index (χ3n) is 4.24. The molecule has 2 unspecified atom stereocenters. The van der Waals surface area contributed by atoms with Crippen LogP contribution in [0.25, 0.3) is 0 Å². The lowest BCUT2D eigenvalue weighted by atomic mass is 9.92. The fraction of sp³-hybridized carbons (Fsp3) is 1.00. The second-order valence-electron chi connectivity index (χ2n) is 6.83. The summed E-state index contributed by atoms with van der Waals surface area (Å²) in [6.07, 6.45) is 5.16. The number of rotatable bonds is 3. The maximum absolute atomic E-state index is 12.3. The fourth-order valence-electron chi connectivity index (χ4n) is 3.19. The molecule has 0 bridgehead atoms. The first-order chi connectivity index (χ1) is 8.28. The normalized spacial score (nSPS) is 33.7. The van der Waals surface area contributed by atoms with E-state index in [1.54, 1.807) is 4.31 Å². The number of piperidine rings is 1. The standard InChI is InChI=1S/C13H26N2O2S/c1-11-5-4-8-15(10-11)18(16,17)14-12-6-7-13(2,3)9-12/h11-12,14H,4-10H2,1-3H3. The third kappa shape index (κ3) is 3.45. The average molecular weight is 274 g/mol. The molecule has 5 heteroatoms. The molecule has 2 fully saturated rings. The summed E-state index contributed by atoms with van der Waals surface area (Å²) in [6.45, 7) is 7.90. The van der Waals surface area contributed by atoms with Gasteiger partial charge in [-0.1, -0.05) is 20.8 Å². The van der Waals surface area contributed by atoms with Crippen LogP contribution in [0.1, 0.15) is 52.9 Å². The smallest absolute Gasteiger partial charge is 0.199 e. The van der Waals surface area contributed by atoms with Crippen molar-refractivity contribution in [2.24, 2.45) is 11.3 Å². The summed E-state index contributed by atoms with van der Waals surface area (Å²) < 4.78 is 29.2. The molecule has 106 valence electrons. The zero-order valence-electron chi connectivity index (χ0n) is 11.8. The fourth-order valence-corrected chi connectivity index (χ4v) is 4.78. The molecule has 4 nitrogen and oxygen atoms in total. The highest BCUT2D eigenvalue weighted by Gasteiger charge is 2.35. The third-order valence-corrected chi connectivity index (χ3v) is 5.89. The highest BCUT2D eigenvalue weighted by Crippen LogP contribution is 2.37. The van der Waals surface area contributed by atoms with E-state index in [-0.39, 0.29) is 11.5 Å². The molecule has 2 atom stereocenters. The van der Waals surface area contributed by atoms with E-state index in [2.05, 4.69) is 25.5 Å². The highest BCUT2D eigenvalue weighted by atomic mass is 32.2. The topological polar surface area (TPSA) is 49.4 Å². The minimum atomic E-state index is -3.27. The summed E-state index contributed by atoms with van der Waals surface area (Å²) in [5, 5.41) is 0. The van der Waals surface area contributed by atoms with Crippen LogP contribution >= 0.6 is 0 Å². The molecule has 1 aliphatic carbocycles. The number of nitrogens with one attached hydrogen (secondary N) is 1. The minimum Gasteiger partial charge on any atom is -0.199 e. The Balaban J connectivity index is 1.95. The van der Waals surface area contributed by atoms with Crippen LogP contribution in [0.15, 0.2) is 0 Å². The molecule has 0 radical (unpaired) electrons. The van der Waals surface area contributed by atoms with Gasteiger partial charge in [0.15, 0.2) is 0 Å². The highest BCUT2D eigenvalue weighted by molar-refractivity contribution is 7.87. The maximum atomic E-state index is 12.3. The predicted octanol–water partition coefficient (Wildman–Crippen LogP) is 2.13. The first kappa shape index (κ1) is 14.3. The molecule has 0 aromatic carbocycles. The Labute approximate surface area is 111 Å². The van der Waals surface area contributed by atoms with Gasteiger partial charge < -0.3 is 0 Å². The van der Waals surface area contributed by atoms with Crippen LogP contribution in [0.3, 0.4) is 0 Å². The molecule has 1 N–H and O–H groups in total. The van der Waals surface area contributed by atoms with Gasteiger partial charge in [0.25, 0.3) is 10.2 Å². The second kappa shape index (κ2) is 5.10. The molecule has 1 heterocycles. The van der Waals surface area contributed by atoms with Gasteiger partial charge in [-0.05, 0) is 43.4 Å². The summed E-state index contributed by atoms with van der Waals surface area (Å²) >= 11 is 0. The number of hydrogen-bond acceptors (Lipinski definition) is 2. The molecular weight excluding hydrogens is 248 g/mol. The van der Waals surface area contributed by atoms with Crippen LogP contribution in [-0.4, -0.2) is 31.9 Å². The minimum absolute atomic E-state index is 0.127. The SMILES string of the molecule is CC1CCCN(S(=O)(=O)NC2CCC(C)(C)C2)C1. The lowest BCUT2D eigenvalue weighted by molar-refractivity contribution is 0.276. The van der Waals surface area contributed by atoms with E-state index in [1.807, 2.05) is 0 Å². The van der Waals surface area contributed by atoms with E-state index < -0.39 is 10.2 Å². The summed E-state index contributed by atoms with van der Waals surface area (Å²) in [6, 6.07) is 0.127. The molecule has 2 aliphatic rings. The molecule has 0 aromatic heterocycles. The van der Waals surface area contributed by atoms with Crippen LogP contribution < -0.4 is 4.72 Å². The number of nitrogens with zero attached hydrogens (tertiary/aromatic N) is 1. The van der Waals surface area contributed by atoms with Gasteiger partial charge in [0.05, 0.1) is 0 Å².